The predicted molar refractivity (Wildman–Crippen MR) is 113 cm³/mol. The van der Waals surface area contributed by atoms with E-state index in [0.717, 1.165) is 6.92 Å². The first kappa shape index (κ1) is 30.4. The van der Waals surface area contributed by atoms with Crippen molar-refractivity contribution in [2.45, 2.75) is 99.0 Å². The molecule has 3 fully saturated rings. The molecule has 15 atom stereocenters. The van der Waals surface area contributed by atoms with Gasteiger partial charge >= 0.3 is 0 Å². The lowest BCUT2D eigenvalue weighted by Gasteiger charge is -2.47. The normalized spacial score (nSPS) is 49.0. The minimum Gasteiger partial charge on any atom is -0.394 e. The van der Waals surface area contributed by atoms with Gasteiger partial charge in [-0.15, -0.1) is 0 Å². The Kier molecular flexibility index (Phi) is 10.5. The summed E-state index contributed by atoms with van der Waals surface area (Å²) >= 11 is 0. The fourth-order valence-corrected chi connectivity index (χ4v) is 4.35. The Morgan fingerprint density at radius 3 is 1.73 bits per heavy atom. The summed E-state index contributed by atoms with van der Waals surface area (Å²) < 4.78 is 26.8. The number of rotatable bonds is 8. The number of hydrogen-bond acceptors (Lipinski definition) is 16. The van der Waals surface area contributed by atoms with Crippen LogP contribution in [-0.4, -0.2) is 169 Å². The number of carbonyl (C=O) groups excluding carboxylic acids is 1. The van der Waals surface area contributed by atoms with Crippen molar-refractivity contribution in [2.75, 3.05) is 19.8 Å². The van der Waals surface area contributed by atoms with Crippen LogP contribution in [0.25, 0.3) is 0 Å². The van der Waals surface area contributed by atoms with Crippen LogP contribution in [0.1, 0.15) is 6.92 Å². The number of ether oxygens (including phenoxy) is 5. The molecule has 0 aromatic rings. The highest BCUT2D eigenvalue weighted by Crippen LogP contribution is 2.30. The van der Waals surface area contributed by atoms with Gasteiger partial charge in [-0.1, -0.05) is 0 Å². The monoisotopic (exact) mass is 545 g/mol. The van der Waals surface area contributed by atoms with Crippen LogP contribution in [0.4, 0.5) is 0 Å². The fraction of sp³-hybridized carbons (Fsp3) is 0.950. The van der Waals surface area contributed by atoms with E-state index in [2.05, 4.69) is 5.32 Å². The molecule has 3 aliphatic rings. The SMILES string of the molecule is CC(=O)N[C@H]1C(O)O[C@H](CO[C@@H]2O[C@H](CO)[C@H](O)[C@H](O)[C@H]2O)[C@H](O)[C@@H]1O[C@@H]1O[C@H](CO)[C@H](O)[C@H](O)[C@H]1O. The number of aliphatic hydroxyl groups excluding tert-OH is 10. The average Bonchev–Trinajstić information content (AvgIpc) is 2.86. The van der Waals surface area contributed by atoms with Crippen molar-refractivity contribution in [3.05, 3.63) is 0 Å². The van der Waals surface area contributed by atoms with E-state index in [9.17, 15) is 55.9 Å². The van der Waals surface area contributed by atoms with Crippen molar-refractivity contribution in [1.29, 1.82) is 0 Å². The third-order valence-corrected chi connectivity index (χ3v) is 6.48. The van der Waals surface area contributed by atoms with E-state index in [1.807, 2.05) is 0 Å². The Balaban J connectivity index is 1.74. The molecule has 37 heavy (non-hydrogen) atoms. The molecule has 3 heterocycles. The van der Waals surface area contributed by atoms with Crippen molar-refractivity contribution < 1.29 is 79.5 Å². The summed E-state index contributed by atoms with van der Waals surface area (Å²) in [6.07, 6.45) is -22.9. The van der Waals surface area contributed by atoms with Crippen molar-refractivity contribution >= 4 is 5.91 Å². The molecule has 0 saturated carbocycles. The number of carbonyl (C=O) groups is 1. The van der Waals surface area contributed by atoms with Gasteiger partial charge in [0.05, 0.1) is 19.8 Å². The molecule has 216 valence electrons. The zero-order valence-electron chi connectivity index (χ0n) is 19.7. The molecule has 17 nitrogen and oxygen atoms in total. The molecule has 0 bridgehead atoms. The van der Waals surface area contributed by atoms with E-state index in [-0.39, 0.29) is 0 Å². The fourth-order valence-electron chi connectivity index (χ4n) is 4.35. The largest absolute Gasteiger partial charge is 0.394 e. The average molecular weight is 545 g/mol. The quantitative estimate of drug-likeness (QED) is 0.135. The van der Waals surface area contributed by atoms with Crippen LogP contribution < -0.4 is 5.32 Å². The molecule has 1 unspecified atom stereocenters. The molecule has 0 aliphatic carbocycles. The van der Waals surface area contributed by atoms with Crippen LogP contribution >= 0.6 is 0 Å². The summed E-state index contributed by atoms with van der Waals surface area (Å²) in [4.78, 5) is 11.7. The molecule has 0 spiro atoms. The van der Waals surface area contributed by atoms with Gasteiger partial charge in [-0.3, -0.25) is 4.79 Å². The Morgan fingerprint density at radius 1 is 0.703 bits per heavy atom. The molecule has 1 amide bonds. The standard InChI is InChI=1S/C20H35NO16/c1-5(24)21-9-17(37-20-16(31)14(29)11(26)7(3-23)36-20)12(27)8(34-18(9)32)4-33-19-15(30)13(28)10(25)6(2-22)35-19/h6-20,22-23,25-32H,2-4H2,1H3,(H,21,24)/t6-,7-,8-,9-,10+,11+,12+,13+,14+,15-,16-,17-,18?,19-,20+/m1/s1. The zero-order valence-corrected chi connectivity index (χ0v) is 19.7. The molecule has 0 radical (unpaired) electrons. The third kappa shape index (κ3) is 6.55. The smallest absolute Gasteiger partial charge is 0.217 e. The third-order valence-electron chi connectivity index (χ3n) is 6.48. The van der Waals surface area contributed by atoms with E-state index in [1.54, 1.807) is 0 Å². The van der Waals surface area contributed by atoms with E-state index in [0.29, 0.717) is 0 Å². The van der Waals surface area contributed by atoms with Crippen LogP contribution in [-0.2, 0) is 28.5 Å². The highest BCUT2D eigenvalue weighted by molar-refractivity contribution is 5.73. The molecule has 3 aliphatic heterocycles. The lowest BCUT2D eigenvalue weighted by molar-refractivity contribution is -0.348. The second-order valence-electron chi connectivity index (χ2n) is 9.11. The van der Waals surface area contributed by atoms with Crippen molar-refractivity contribution in [1.82, 2.24) is 5.32 Å². The van der Waals surface area contributed by atoms with Crippen molar-refractivity contribution in [3.63, 3.8) is 0 Å². The van der Waals surface area contributed by atoms with Crippen LogP contribution in [0.5, 0.6) is 0 Å². The maximum Gasteiger partial charge on any atom is 0.217 e. The molecule has 0 aromatic carbocycles. The van der Waals surface area contributed by atoms with Gasteiger partial charge in [0.15, 0.2) is 18.9 Å². The minimum atomic E-state index is -1.85. The van der Waals surface area contributed by atoms with Crippen LogP contribution in [0, 0.1) is 0 Å². The number of hydrogen-bond donors (Lipinski definition) is 11. The first-order valence-corrected chi connectivity index (χ1v) is 11.6. The Hall–Kier alpha value is -1.13. The molecule has 11 N–H and O–H groups in total. The summed E-state index contributed by atoms with van der Waals surface area (Å²) in [7, 11) is 0. The van der Waals surface area contributed by atoms with Gasteiger partial charge in [0.1, 0.15) is 73.2 Å². The van der Waals surface area contributed by atoms with Gasteiger partial charge in [0.2, 0.25) is 5.91 Å². The van der Waals surface area contributed by atoms with E-state index >= 15 is 0 Å². The zero-order chi connectivity index (χ0) is 27.6. The minimum absolute atomic E-state index is 0.609. The van der Waals surface area contributed by atoms with Gasteiger partial charge in [0, 0.05) is 6.92 Å². The second-order valence-corrected chi connectivity index (χ2v) is 9.11. The van der Waals surface area contributed by atoms with Crippen LogP contribution in [0.3, 0.4) is 0 Å². The van der Waals surface area contributed by atoms with Gasteiger partial charge in [0.25, 0.3) is 0 Å². The Morgan fingerprint density at radius 2 is 1.22 bits per heavy atom. The van der Waals surface area contributed by atoms with E-state index < -0.39 is 118 Å². The maximum atomic E-state index is 11.7. The number of nitrogens with one attached hydrogen (secondary N) is 1. The van der Waals surface area contributed by atoms with Gasteiger partial charge in [-0.25, -0.2) is 0 Å². The number of amides is 1. The lowest BCUT2D eigenvalue weighted by Crippen LogP contribution is -2.68. The van der Waals surface area contributed by atoms with Gasteiger partial charge < -0.3 is 80.1 Å². The topological polar surface area (TPSA) is 278 Å². The Labute approximate surface area is 210 Å². The van der Waals surface area contributed by atoms with Gasteiger partial charge in [-0.05, 0) is 0 Å². The number of aliphatic hydroxyl groups is 10. The van der Waals surface area contributed by atoms with Crippen LogP contribution in [0.2, 0.25) is 0 Å². The summed E-state index contributed by atoms with van der Waals surface area (Å²) in [5, 5.41) is 103. The highest BCUT2D eigenvalue weighted by atomic mass is 16.7. The van der Waals surface area contributed by atoms with Crippen molar-refractivity contribution in [3.8, 4) is 0 Å². The van der Waals surface area contributed by atoms with Crippen LogP contribution in [0.15, 0.2) is 0 Å². The molecule has 3 saturated heterocycles. The summed E-state index contributed by atoms with van der Waals surface area (Å²) in [5.74, 6) is -0.654. The lowest BCUT2D eigenvalue weighted by atomic mass is 9.95. The first-order chi connectivity index (χ1) is 17.4. The van der Waals surface area contributed by atoms with E-state index in [4.69, 9.17) is 23.7 Å². The predicted octanol–water partition coefficient (Wildman–Crippen LogP) is -7.43. The first-order valence-electron chi connectivity index (χ1n) is 11.6. The maximum absolute atomic E-state index is 11.7. The summed E-state index contributed by atoms with van der Waals surface area (Å²) in [5.41, 5.74) is 0. The highest BCUT2D eigenvalue weighted by Gasteiger charge is 2.52. The molecular formula is C20H35NO16. The molecule has 0 aromatic heterocycles. The summed E-state index contributed by atoms with van der Waals surface area (Å²) in [6, 6.07) is -1.43. The van der Waals surface area contributed by atoms with E-state index in [1.165, 1.54) is 0 Å². The molecule has 17 heteroatoms. The molecular weight excluding hydrogens is 510 g/mol. The second kappa shape index (κ2) is 12.8. The van der Waals surface area contributed by atoms with Crippen molar-refractivity contribution in [2.24, 2.45) is 0 Å². The Bertz CT molecular complexity index is 743. The molecule has 3 rings (SSSR count). The van der Waals surface area contributed by atoms with Gasteiger partial charge in [-0.2, -0.15) is 0 Å². The summed E-state index contributed by atoms with van der Waals surface area (Å²) in [6.45, 7) is -0.964.